The first-order valence-corrected chi connectivity index (χ1v) is 9.29. The van der Waals surface area contributed by atoms with E-state index in [9.17, 15) is 4.79 Å². The number of ether oxygens (including phenoxy) is 1. The first-order chi connectivity index (χ1) is 11.2. The normalized spacial score (nSPS) is 28.0. The van der Waals surface area contributed by atoms with Crippen LogP contribution in [0.15, 0.2) is 27.6 Å². The lowest BCUT2D eigenvalue weighted by molar-refractivity contribution is 0.0200. The molecular formula is C18H28N2O3S. The van der Waals surface area contributed by atoms with Crippen LogP contribution in [-0.2, 0) is 9.57 Å². The maximum absolute atomic E-state index is 12.2. The second kappa shape index (κ2) is 7.64. The average molecular weight is 353 g/mol. The number of thioether (sulfide) groups is 1. The number of piperidine rings is 1. The molecule has 24 heavy (non-hydrogen) atoms. The first kappa shape index (κ1) is 18.9. The van der Waals surface area contributed by atoms with Crippen LogP contribution >= 0.6 is 11.8 Å². The molecule has 0 saturated carbocycles. The Labute approximate surface area is 149 Å². The summed E-state index contributed by atoms with van der Waals surface area (Å²) >= 11 is 1.61. The molecular weight excluding hydrogens is 324 g/mol. The zero-order chi connectivity index (χ0) is 17.9. The Balaban J connectivity index is 1.96. The van der Waals surface area contributed by atoms with E-state index in [1.807, 2.05) is 34.6 Å². The fraction of sp³-hybridized carbons (Fsp3) is 0.667. The number of carbonyl (C=O) groups excluding carboxylic acids is 1. The van der Waals surface area contributed by atoms with Gasteiger partial charge in [0.15, 0.2) is 0 Å². The quantitative estimate of drug-likeness (QED) is 0.694. The highest BCUT2D eigenvalue weighted by molar-refractivity contribution is 8.06. The number of nitrogens with zero attached hydrogens (tertiary/aromatic N) is 2. The van der Waals surface area contributed by atoms with E-state index >= 15 is 0 Å². The van der Waals surface area contributed by atoms with E-state index < -0.39 is 5.60 Å². The van der Waals surface area contributed by atoms with E-state index in [2.05, 4.69) is 17.1 Å². The molecule has 1 atom stereocenters. The van der Waals surface area contributed by atoms with E-state index in [-0.39, 0.29) is 18.1 Å². The molecule has 1 amide bonds. The van der Waals surface area contributed by atoms with Gasteiger partial charge in [0.1, 0.15) is 11.7 Å². The molecule has 0 spiro atoms. The predicted octanol–water partition coefficient (Wildman–Crippen LogP) is 4.56. The van der Waals surface area contributed by atoms with E-state index in [0.717, 1.165) is 29.0 Å². The predicted molar refractivity (Wildman–Crippen MR) is 99.0 cm³/mol. The summed E-state index contributed by atoms with van der Waals surface area (Å²) < 4.78 is 5.44. The van der Waals surface area contributed by atoms with Crippen LogP contribution in [0.25, 0.3) is 0 Å². The van der Waals surface area contributed by atoms with Crippen LogP contribution in [0.1, 0.15) is 47.5 Å². The van der Waals surface area contributed by atoms with Crippen molar-refractivity contribution in [2.45, 2.75) is 59.2 Å². The molecule has 2 aliphatic heterocycles. The molecule has 5 nitrogen and oxygen atoms in total. The van der Waals surface area contributed by atoms with Crippen molar-refractivity contribution in [3.63, 3.8) is 0 Å². The largest absolute Gasteiger partial charge is 0.444 e. The minimum Gasteiger partial charge on any atom is -0.444 e. The monoisotopic (exact) mass is 352 g/mol. The molecule has 0 aromatic rings. The number of hydrogen-bond donors (Lipinski definition) is 0. The summed E-state index contributed by atoms with van der Waals surface area (Å²) in [6.45, 7) is 15.2. The highest BCUT2D eigenvalue weighted by Gasteiger charge is 2.30. The van der Waals surface area contributed by atoms with Crippen LogP contribution in [0.2, 0.25) is 0 Å². The van der Waals surface area contributed by atoms with E-state index in [4.69, 9.17) is 9.57 Å². The molecule has 0 N–H and O–H groups in total. The van der Waals surface area contributed by atoms with Crippen molar-refractivity contribution in [3.8, 4) is 0 Å². The number of hydrogen-bond acceptors (Lipinski definition) is 5. The van der Waals surface area contributed by atoms with Crippen molar-refractivity contribution in [2.75, 3.05) is 13.1 Å². The van der Waals surface area contributed by atoms with Gasteiger partial charge in [-0.1, -0.05) is 23.5 Å². The zero-order valence-electron chi connectivity index (χ0n) is 15.3. The molecule has 2 rings (SSSR count). The lowest BCUT2D eigenvalue weighted by Crippen LogP contribution is -2.43. The number of oxime groups is 1. The maximum atomic E-state index is 12.2. The molecule has 0 aromatic carbocycles. The Kier molecular flexibility index (Phi) is 6.01. The lowest BCUT2D eigenvalue weighted by Gasteiger charge is -2.34. The zero-order valence-corrected chi connectivity index (χ0v) is 16.1. The van der Waals surface area contributed by atoms with E-state index in [0.29, 0.717) is 13.1 Å². The Morgan fingerprint density at radius 2 is 2.04 bits per heavy atom. The number of amides is 1. The summed E-state index contributed by atoms with van der Waals surface area (Å²) in [7, 11) is 0. The molecule has 0 bridgehead atoms. The summed E-state index contributed by atoms with van der Waals surface area (Å²) in [4.78, 5) is 20.5. The van der Waals surface area contributed by atoms with Crippen molar-refractivity contribution < 1.29 is 14.4 Å². The molecule has 2 aliphatic rings. The molecule has 0 radical (unpaired) electrons. The van der Waals surface area contributed by atoms with Gasteiger partial charge < -0.3 is 14.5 Å². The van der Waals surface area contributed by atoms with Gasteiger partial charge in [-0.25, -0.2) is 4.79 Å². The van der Waals surface area contributed by atoms with E-state index in [1.54, 1.807) is 16.7 Å². The summed E-state index contributed by atoms with van der Waals surface area (Å²) in [5.74, 6) is 0.266. The first-order valence-electron chi connectivity index (χ1n) is 8.41. The van der Waals surface area contributed by atoms with Crippen LogP contribution in [0.3, 0.4) is 0 Å². The maximum Gasteiger partial charge on any atom is 0.410 e. The third kappa shape index (κ3) is 5.03. The second-order valence-corrected chi connectivity index (χ2v) is 8.33. The van der Waals surface area contributed by atoms with Gasteiger partial charge in [-0.3, -0.25) is 0 Å². The standard InChI is InChI=1S/C18H28N2O3S/c1-12-11-24-14(3)16(19-23-13(12)2)15-7-9-20(10-8-15)17(21)22-18(4,5)6/h11,13,15H,3,7-10H2,1-2,4-6H3/b12-11-,19-16+. The van der Waals surface area contributed by atoms with Gasteiger partial charge in [-0.05, 0) is 58.4 Å². The van der Waals surface area contributed by atoms with Gasteiger partial charge in [0.2, 0.25) is 0 Å². The Morgan fingerprint density at radius 1 is 1.42 bits per heavy atom. The van der Waals surface area contributed by atoms with Crippen molar-refractivity contribution in [1.29, 1.82) is 0 Å². The molecule has 1 saturated heterocycles. The summed E-state index contributed by atoms with van der Waals surface area (Å²) in [6.07, 6.45) is 1.43. The van der Waals surface area contributed by atoms with Crippen molar-refractivity contribution in [1.82, 2.24) is 4.90 Å². The van der Waals surface area contributed by atoms with Crippen LogP contribution in [0.4, 0.5) is 4.79 Å². The lowest BCUT2D eigenvalue weighted by atomic mass is 9.92. The summed E-state index contributed by atoms with van der Waals surface area (Å²) in [5.41, 5.74) is 1.60. The van der Waals surface area contributed by atoms with Crippen LogP contribution < -0.4 is 0 Å². The smallest absolute Gasteiger partial charge is 0.410 e. The Hall–Kier alpha value is -1.43. The van der Waals surface area contributed by atoms with Crippen molar-refractivity contribution >= 4 is 23.6 Å². The molecule has 6 heteroatoms. The second-order valence-electron chi connectivity index (χ2n) is 7.37. The third-order valence-corrected chi connectivity index (χ3v) is 5.14. The number of carbonyl (C=O) groups is 1. The highest BCUT2D eigenvalue weighted by atomic mass is 32.2. The SMILES string of the molecule is C=C1S/C=C(/C)C(C)O/N=C\1C1CCN(C(=O)OC(C)(C)C)CC1. The van der Waals surface area contributed by atoms with E-state index in [1.165, 1.54) is 0 Å². The molecule has 1 unspecified atom stereocenters. The number of likely N-dealkylation sites (tertiary alicyclic amines) is 1. The van der Waals surface area contributed by atoms with Gasteiger partial charge in [0.25, 0.3) is 0 Å². The number of rotatable bonds is 1. The minimum atomic E-state index is -0.462. The summed E-state index contributed by atoms with van der Waals surface area (Å²) in [5, 5.41) is 6.45. The van der Waals surface area contributed by atoms with Gasteiger partial charge in [0.05, 0.1) is 5.71 Å². The van der Waals surface area contributed by atoms with Gasteiger partial charge in [0, 0.05) is 23.9 Å². The Bertz CT molecular complexity index is 555. The summed E-state index contributed by atoms with van der Waals surface area (Å²) in [6, 6.07) is 0. The van der Waals surface area contributed by atoms with Crippen molar-refractivity contribution in [2.24, 2.45) is 11.1 Å². The third-order valence-electron chi connectivity index (χ3n) is 4.16. The van der Waals surface area contributed by atoms with Crippen LogP contribution in [-0.4, -0.2) is 41.5 Å². The molecule has 0 aromatic heterocycles. The fourth-order valence-corrected chi connectivity index (χ4v) is 3.40. The topological polar surface area (TPSA) is 51.1 Å². The molecule has 0 aliphatic carbocycles. The van der Waals surface area contributed by atoms with Crippen LogP contribution in [0.5, 0.6) is 0 Å². The van der Waals surface area contributed by atoms with Gasteiger partial charge in [-0.15, -0.1) is 0 Å². The fourth-order valence-electron chi connectivity index (χ4n) is 2.55. The van der Waals surface area contributed by atoms with Gasteiger partial charge >= 0.3 is 6.09 Å². The van der Waals surface area contributed by atoms with Crippen molar-refractivity contribution in [3.05, 3.63) is 22.5 Å². The molecule has 2 heterocycles. The Morgan fingerprint density at radius 3 is 2.62 bits per heavy atom. The molecule has 1 fully saturated rings. The minimum absolute atomic E-state index is 0.0255. The van der Waals surface area contributed by atoms with Gasteiger partial charge in [-0.2, -0.15) is 0 Å². The molecule has 134 valence electrons. The highest BCUT2D eigenvalue weighted by Crippen LogP contribution is 2.31. The number of allylic oxidation sites excluding steroid dienone is 1. The average Bonchev–Trinajstić information content (AvgIpc) is 2.50. The van der Waals surface area contributed by atoms with Crippen LogP contribution in [0, 0.1) is 5.92 Å².